The fraction of sp³-hybridized carbons (Fsp3) is 0.455. The summed E-state index contributed by atoms with van der Waals surface area (Å²) in [7, 11) is 0. The highest BCUT2D eigenvalue weighted by Gasteiger charge is 2.25. The number of nitrogens with one attached hydrogen (secondary N) is 1. The van der Waals surface area contributed by atoms with Crippen molar-refractivity contribution in [3.05, 3.63) is 22.6 Å². The summed E-state index contributed by atoms with van der Waals surface area (Å²) in [6.07, 6.45) is 2.39. The Morgan fingerprint density at radius 2 is 2.47 bits per heavy atom. The molecule has 1 saturated heterocycles. The second kappa shape index (κ2) is 5.00. The van der Waals surface area contributed by atoms with Gasteiger partial charge in [-0.25, -0.2) is 9.37 Å². The number of hydrogen-bond donors (Lipinski definition) is 1. The zero-order valence-electron chi connectivity index (χ0n) is 9.41. The van der Waals surface area contributed by atoms with Crippen LogP contribution in [0.4, 0.5) is 10.2 Å². The van der Waals surface area contributed by atoms with Crippen molar-refractivity contribution in [1.82, 2.24) is 10.3 Å². The van der Waals surface area contributed by atoms with Crippen LogP contribution < -0.4 is 10.2 Å². The summed E-state index contributed by atoms with van der Waals surface area (Å²) < 4.78 is 14.3. The molecule has 1 aromatic rings. The standard InChI is InChI=1S/C11H13BrFN3O/c1-7(17)15-9-2-3-16(6-9)11-10(13)4-8(12)5-14-11/h4-5,9H,2-3,6H2,1H3,(H,15,17). The summed E-state index contributed by atoms with van der Waals surface area (Å²) in [6.45, 7) is 2.79. The van der Waals surface area contributed by atoms with E-state index in [1.54, 1.807) is 6.20 Å². The van der Waals surface area contributed by atoms with Gasteiger partial charge in [0.25, 0.3) is 0 Å². The van der Waals surface area contributed by atoms with Crippen molar-refractivity contribution >= 4 is 27.7 Å². The topological polar surface area (TPSA) is 45.2 Å². The third-order valence-electron chi connectivity index (χ3n) is 2.68. The van der Waals surface area contributed by atoms with Crippen molar-refractivity contribution < 1.29 is 9.18 Å². The average molecular weight is 302 g/mol. The maximum atomic E-state index is 13.7. The molecule has 1 aliphatic rings. The molecule has 17 heavy (non-hydrogen) atoms. The van der Waals surface area contributed by atoms with Crippen molar-refractivity contribution in [1.29, 1.82) is 0 Å². The number of rotatable bonds is 2. The van der Waals surface area contributed by atoms with E-state index in [1.165, 1.54) is 13.0 Å². The van der Waals surface area contributed by atoms with Gasteiger partial charge in [-0.05, 0) is 28.4 Å². The predicted molar refractivity (Wildman–Crippen MR) is 66.3 cm³/mol. The van der Waals surface area contributed by atoms with E-state index >= 15 is 0 Å². The fourth-order valence-electron chi connectivity index (χ4n) is 2.00. The zero-order valence-corrected chi connectivity index (χ0v) is 11.0. The Hall–Kier alpha value is -1.17. The van der Waals surface area contributed by atoms with Gasteiger partial charge < -0.3 is 10.2 Å². The summed E-state index contributed by atoms with van der Waals surface area (Å²) in [6, 6.07) is 1.48. The Bertz CT molecular complexity index is 441. The molecule has 1 fully saturated rings. The number of anilines is 1. The Balaban J connectivity index is 2.07. The molecule has 0 aliphatic carbocycles. The summed E-state index contributed by atoms with van der Waals surface area (Å²) in [4.78, 5) is 16.8. The van der Waals surface area contributed by atoms with Gasteiger partial charge in [-0.3, -0.25) is 4.79 Å². The maximum Gasteiger partial charge on any atom is 0.217 e. The van der Waals surface area contributed by atoms with E-state index in [1.807, 2.05) is 4.90 Å². The number of carbonyl (C=O) groups excluding carboxylic acids is 1. The molecular weight excluding hydrogens is 289 g/mol. The third-order valence-corrected chi connectivity index (χ3v) is 3.12. The highest BCUT2D eigenvalue weighted by atomic mass is 79.9. The lowest BCUT2D eigenvalue weighted by molar-refractivity contribution is -0.119. The first-order chi connectivity index (χ1) is 8.06. The van der Waals surface area contributed by atoms with Crippen molar-refractivity contribution in [3.8, 4) is 0 Å². The van der Waals surface area contributed by atoms with Crippen LogP contribution in [-0.2, 0) is 4.79 Å². The molecule has 0 aromatic carbocycles. The summed E-state index contributed by atoms with van der Waals surface area (Å²) in [5, 5.41) is 2.83. The Labute approximate surface area is 107 Å². The SMILES string of the molecule is CC(=O)NC1CCN(c2ncc(Br)cc2F)C1. The van der Waals surface area contributed by atoms with Crippen molar-refractivity contribution in [2.75, 3.05) is 18.0 Å². The number of halogens is 2. The van der Waals surface area contributed by atoms with Gasteiger partial charge in [0.05, 0.1) is 0 Å². The van der Waals surface area contributed by atoms with Crippen LogP contribution in [0.15, 0.2) is 16.7 Å². The molecule has 6 heteroatoms. The van der Waals surface area contributed by atoms with Crippen LogP contribution in [-0.4, -0.2) is 30.0 Å². The second-order valence-electron chi connectivity index (χ2n) is 4.09. The largest absolute Gasteiger partial charge is 0.352 e. The Morgan fingerprint density at radius 3 is 3.12 bits per heavy atom. The monoisotopic (exact) mass is 301 g/mol. The van der Waals surface area contributed by atoms with Crippen LogP contribution in [0.1, 0.15) is 13.3 Å². The molecule has 1 aromatic heterocycles. The van der Waals surface area contributed by atoms with Crippen LogP contribution in [0.2, 0.25) is 0 Å². The molecule has 1 aliphatic heterocycles. The van der Waals surface area contributed by atoms with Gasteiger partial charge in [-0.2, -0.15) is 0 Å². The summed E-state index contributed by atoms with van der Waals surface area (Å²) in [5.41, 5.74) is 0. The van der Waals surface area contributed by atoms with E-state index in [2.05, 4.69) is 26.2 Å². The molecule has 1 atom stereocenters. The first kappa shape index (κ1) is 12.3. The van der Waals surface area contributed by atoms with Crippen LogP contribution in [0.3, 0.4) is 0 Å². The minimum Gasteiger partial charge on any atom is -0.352 e. The lowest BCUT2D eigenvalue weighted by atomic mass is 10.2. The van der Waals surface area contributed by atoms with E-state index in [9.17, 15) is 9.18 Å². The molecule has 1 unspecified atom stereocenters. The molecule has 0 saturated carbocycles. The molecule has 92 valence electrons. The van der Waals surface area contributed by atoms with Crippen molar-refractivity contribution in [2.45, 2.75) is 19.4 Å². The number of aromatic nitrogens is 1. The first-order valence-electron chi connectivity index (χ1n) is 5.39. The van der Waals surface area contributed by atoms with Crippen LogP contribution in [0, 0.1) is 5.82 Å². The molecule has 0 radical (unpaired) electrons. The van der Waals surface area contributed by atoms with E-state index in [4.69, 9.17) is 0 Å². The number of pyridine rings is 1. The number of hydrogen-bond acceptors (Lipinski definition) is 3. The molecule has 1 amide bonds. The van der Waals surface area contributed by atoms with Crippen molar-refractivity contribution in [2.24, 2.45) is 0 Å². The molecule has 0 spiro atoms. The quantitative estimate of drug-likeness (QED) is 0.904. The fourth-order valence-corrected chi connectivity index (χ4v) is 2.30. The number of carbonyl (C=O) groups is 1. The van der Waals surface area contributed by atoms with Gasteiger partial charge in [0.1, 0.15) is 0 Å². The van der Waals surface area contributed by atoms with Crippen LogP contribution >= 0.6 is 15.9 Å². The zero-order chi connectivity index (χ0) is 12.4. The average Bonchev–Trinajstić information content (AvgIpc) is 2.65. The maximum absolute atomic E-state index is 13.7. The molecule has 1 N–H and O–H groups in total. The minimum atomic E-state index is -0.345. The number of amides is 1. The molecule has 4 nitrogen and oxygen atoms in total. The normalized spacial score (nSPS) is 19.5. The predicted octanol–water partition coefficient (Wildman–Crippen LogP) is 1.70. The first-order valence-corrected chi connectivity index (χ1v) is 6.18. The van der Waals surface area contributed by atoms with Gasteiger partial charge in [0.15, 0.2) is 11.6 Å². The van der Waals surface area contributed by atoms with Crippen molar-refractivity contribution in [3.63, 3.8) is 0 Å². The van der Waals surface area contributed by atoms with Gasteiger partial charge in [0.2, 0.25) is 5.91 Å². The molecule has 2 rings (SSSR count). The molecule has 0 bridgehead atoms. The van der Waals surface area contributed by atoms with Gasteiger partial charge >= 0.3 is 0 Å². The highest BCUT2D eigenvalue weighted by molar-refractivity contribution is 9.10. The van der Waals surface area contributed by atoms with E-state index in [0.717, 1.165) is 6.42 Å². The molecular formula is C11H13BrFN3O. The van der Waals surface area contributed by atoms with Gasteiger partial charge in [-0.1, -0.05) is 0 Å². The van der Waals surface area contributed by atoms with Gasteiger partial charge in [-0.15, -0.1) is 0 Å². The minimum absolute atomic E-state index is 0.0545. The van der Waals surface area contributed by atoms with Gasteiger partial charge in [0, 0.05) is 36.7 Å². The lowest BCUT2D eigenvalue weighted by Gasteiger charge is -2.18. The van der Waals surface area contributed by atoms with Crippen LogP contribution in [0.5, 0.6) is 0 Å². The van der Waals surface area contributed by atoms with E-state index in [0.29, 0.717) is 23.4 Å². The number of nitrogens with zero attached hydrogens (tertiary/aromatic N) is 2. The third kappa shape index (κ3) is 2.94. The van der Waals surface area contributed by atoms with E-state index in [-0.39, 0.29) is 17.8 Å². The summed E-state index contributed by atoms with van der Waals surface area (Å²) in [5.74, 6) is -0.0509. The van der Waals surface area contributed by atoms with Crippen LogP contribution in [0.25, 0.3) is 0 Å². The highest BCUT2D eigenvalue weighted by Crippen LogP contribution is 2.23. The lowest BCUT2D eigenvalue weighted by Crippen LogP contribution is -2.35. The smallest absolute Gasteiger partial charge is 0.217 e. The molecule has 2 heterocycles. The Kier molecular flexibility index (Phi) is 3.61. The van der Waals surface area contributed by atoms with E-state index < -0.39 is 0 Å². The summed E-state index contributed by atoms with van der Waals surface area (Å²) >= 11 is 3.17. The second-order valence-corrected chi connectivity index (χ2v) is 5.01. The Morgan fingerprint density at radius 1 is 1.71 bits per heavy atom.